The Balaban J connectivity index is 1.82. The molecule has 2 bridgehead atoms. The largest absolute Gasteiger partial charge is 0.407 e. The zero-order chi connectivity index (χ0) is 9.54. The molecule has 0 radical (unpaired) electrons. The summed E-state index contributed by atoms with van der Waals surface area (Å²) in [5.74, 6) is 0.746. The van der Waals surface area contributed by atoms with Crippen LogP contribution in [0.5, 0.6) is 0 Å². The van der Waals surface area contributed by atoms with E-state index in [0.29, 0.717) is 24.1 Å². The fourth-order valence-corrected chi connectivity index (χ4v) is 2.16. The van der Waals surface area contributed by atoms with E-state index in [1.165, 1.54) is 0 Å². The van der Waals surface area contributed by atoms with E-state index in [0.717, 1.165) is 19.6 Å². The zero-order valence-corrected chi connectivity index (χ0v) is 8.28. The third kappa shape index (κ3) is 1.19. The minimum atomic E-state index is 0.269. The van der Waals surface area contributed by atoms with Crippen LogP contribution in [-0.4, -0.2) is 35.5 Å². The van der Waals surface area contributed by atoms with Crippen molar-refractivity contribution < 1.29 is 9.15 Å². The Bertz CT molecular complexity index is 343. The second kappa shape index (κ2) is 3.10. The molecule has 2 aliphatic rings. The number of hydrogen-bond donors (Lipinski definition) is 0. The van der Waals surface area contributed by atoms with E-state index in [2.05, 4.69) is 15.1 Å². The lowest BCUT2D eigenvalue weighted by Crippen LogP contribution is -2.37. The first-order valence-electron chi connectivity index (χ1n) is 4.63. The second-order valence-electron chi connectivity index (χ2n) is 3.61. The molecular formula is C8H10ClN3O2. The van der Waals surface area contributed by atoms with Crippen molar-refractivity contribution >= 4 is 17.6 Å². The molecule has 0 spiro atoms. The van der Waals surface area contributed by atoms with Crippen molar-refractivity contribution in [1.82, 2.24) is 10.2 Å². The van der Waals surface area contributed by atoms with Crippen molar-refractivity contribution in [2.75, 3.05) is 18.1 Å². The van der Waals surface area contributed by atoms with E-state index in [-0.39, 0.29) is 5.88 Å². The summed E-state index contributed by atoms with van der Waals surface area (Å²) in [6.07, 6.45) is 1.41. The quantitative estimate of drug-likeness (QED) is 0.683. The van der Waals surface area contributed by atoms with E-state index in [1.807, 2.05) is 0 Å². The number of ether oxygens (including phenoxy) is 1. The molecule has 0 saturated carbocycles. The molecule has 2 saturated heterocycles. The number of aromatic nitrogens is 2. The van der Waals surface area contributed by atoms with Crippen LogP contribution in [-0.2, 0) is 10.6 Å². The third-order valence-electron chi connectivity index (χ3n) is 2.72. The van der Waals surface area contributed by atoms with Crippen molar-refractivity contribution in [3.63, 3.8) is 0 Å². The van der Waals surface area contributed by atoms with Gasteiger partial charge in [-0.3, -0.25) is 0 Å². The van der Waals surface area contributed by atoms with Crippen LogP contribution >= 0.6 is 11.6 Å². The van der Waals surface area contributed by atoms with Gasteiger partial charge in [-0.25, -0.2) is 0 Å². The van der Waals surface area contributed by atoms with Crippen LogP contribution in [0, 0.1) is 0 Å². The Hall–Kier alpha value is -0.810. The van der Waals surface area contributed by atoms with Crippen LogP contribution < -0.4 is 4.90 Å². The SMILES string of the molecule is ClCc1nnc(N2CC3CC2CO3)o1. The Kier molecular flexibility index (Phi) is 1.88. The normalized spacial score (nSPS) is 30.2. The third-order valence-corrected chi connectivity index (χ3v) is 2.95. The fourth-order valence-electron chi connectivity index (χ4n) is 2.05. The summed E-state index contributed by atoms with van der Waals surface area (Å²) in [4.78, 5) is 2.11. The molecule has 1 aromatic heterocycles. The van der Waals surface area contributed by atoms with Gasteiger partial charge in [0.25, 0.3) is 0 Å². The monoisotopic (exact) mass is 215 g/mol. The first kappa shape index (κ1) is 8.49. The topological polar surface area (TPSA) is 51.4 Å². The molecule has 5 nitrogen and oxygen atoms in total. The van der Waals surface area contributed by atoms with Gasteiger partial charge in [0.05, 0.1) is 18.8 Å². The number of alkyl halides is 1. The van der Waals surface area contributed by atoms with Crippen molar-refractivity contribution in [3.8, 4) is 0 Å². The molecule has 2 aliphatic heterocycles. The van der Waals surface area contributed by atoms with Gasteiger partial charge < -0.3 is 14.1 Å². The number of fused-ring (bicyclic) bond motifs is 2. The molecule has 1 aromatic rings. The minimum Gasteiger partial charge on any atom is -0.407 e. The highest BCUT2D eigenvalue weighted by Crippen LogP contribution is 2.31. The first-order chi connectivity index (χ1) is 6.86. The Morgan fingerprint density at radius 3 is 3.00 bits per heavy atom. The number of hydrogen-bond acceptors (Lipinski definition) is 5. The summed E-state index contributed by atoms with van der Waals surface area (Å²) in [5, 5.41) is 7.79. The lowest BCUT2D eigenvalue weighted by atomic mass is 10.2. The van der Waals surface area contributed by atoms with Gasteiger partial charge in [0.2, 0.25) is 5.89 Å². The number of morpholine rings is 1. The summed E-state index contributed by atoms with van der Waals surface area (Å²) in [6, 6.07) is 0.986. The minimum absolute atomic E-state index is 0.269. The highest BCUT2D eigenvalue weighted by molar-refractivity contribution is 6.16. The average Bonchev–Trinajstić information content (AvgIpc) is 2.93. The average molecular weight is 216 g/mol. The van der Waals surface area contributed by atoms with Gasteiger partial charge in [0.15, 0.2) is 0 Å². The summed E-state index contributed by atoms with van der Waals surface area (Å²) in [5.41, 5.74) is 0. The van der Waals surface area contributed by atoms with Crippen molar-refractivity contribution in [3.05, 3.63) is 5.89 Å². The van der Waals surface area contributed by atoms with E-state index < -0.39 is 0 Å². The standard InChI is InChI=1S/C8H10ClN3O2/c9-2-7-10-11-8(14-7)12-3-6-1-5(12)4-13-6/h5-6H,1-4H2. The van der Waals surface area contributed by atoms with E-state index >= 15 is 0 Å². The molecule has 6 heteroatoms. The van der Waals surface area contributed by atoms with Crippen LogP contribution in [0.1, 0.15) is 12.3 Å². The number of anilines is 1. The smallest absolute Gasteiger partial charge is 0.318 e. The molecule has 3 heterocycles. The van der Waals surface area contributed by atoms with E-state index in [4.69, 9.17) is 20.8 Å². The number of rotatable bonds is 2. The second-order valence-corrected chi connectivity index (χ2v) is 3.88. The lowest BCUT2D eigenvalue weighted by molar-refractivity contribution is 0.0974. The molecule has 0 N–H and O–H groups in total. The molecule has 2 atom stereocenters. The summed E-state index contributed by atoms with van der Waals surface area (Å²) in [6.45, 7) is 1.62. The maximum atomic E-state index is 5.59. The maximum Gasteiger partial charge on any atom is 0.318 e. The fraction of sp³-hybridized carbons (Fsp3) is 0.750. The van der Waals surface area contributed by atoms with Gasteiger partial charge in [-0.15, -0.1) is 16.7 Å². The van der Waals surface area contributed by atoms with Crippen LogP contribution in [0.3, 0.4) is 0 Å². The predicted molar refractivity (Wildman–Crippen MR) is 49.3 cm³/mol. The molecule has 14 heavy (non-hydrogen) atoms. The molecule has 0 aliphatic carbocycles. The van der Waals surface area contributed by atoms with Gasteiger partial charge in [0, 0.05) is 6.54 Å². The van der Waals surface area contributed by atoms with Gasteiger partial charge >= 0.3 is 6.01 Å². The Morgan fingerprint density at radius 2 is 2.43 bits per heavy atom. The number of halogens is 1. The molecule has 0 aromatic carbocycles. The Labute approximate surface area is 86.0 Å². The molecular weight excluding hydrogens is 206 g/mol. The van der Waals surface area contributed by atoms with Crippen LogP contribution in [0.25, 0.3) is 0 Å². The molecule has 0 amide bonds. The zero-order valence-electron chi connectivity index (χ0n) is 7.52. The van der Waals surface area contributed by atoms with Crippen molar-refractivity contribution in [2.45, 2.75) is 24.4 Å². The Morgan fingerprint density at radius 1 is 1.50 bits per heavy atom. The van der Waals surface area contributed by atoms with E-state index in [1.54, 1.807) is 0 Å². The maximum absolute atomic E-state index is 5.59. The van der Waals surface area contributed by atoms with Crippen molar-refractivity contribution in [2.24, 2.45) is 0 Å². The van der Waals surface area contributed by atoms with Crippen LogP contribution in [0.4, 0.5) is 6.01 Å². The van der Waals surface area contributed by atoms with Gasteiger partial charge in [-0.05, 0) is 6.42 Å². The summed E-state index contributed by atoms with van der Waals surface area (Å²) < 4.78 is 10.9. The highest BCUT2D eigenvalue weighted by atomic mass is 35.5. The lowest BCUT2D eigenvalue weighted by Gasteiger charge is -2.24. The number of nitrogens with zero attached hydrogens (tertiary/aromatic N) is 3. The molecule has 2 unspecified atom stereocenters. The summed E-state index contributed by atoms with van der Waals surface area (Å²) in [7, 11) is 0. The van der Waals surface area contributed by atoms with E-state index in [9.17, 15) is 0 Å². The predicted octanol–water partition coefficient (Wildman–Crippen LogP) is 0.786. The van der Waals surface area contributed by atoms with Crippen LogP contribution in [0.15, 0.2) is 4.42 Å². The summed E-state index contributed by atoms with van der Waals surface area (Å²) >= 11 is 5.59. The van der Waals surface area contributed by atoms with Gasteiger partial charge in [0.1, 0.15) is 5.88 Å². The molecule has 2 fully saturated rings. The van der Waals surface area contributed by atoms with Gasteiger partial charge in [-0.2, -0.15) is 0 Å². The highest BCUT2D eigenvalue weighted by Gasteiger charge is 2.41. The first-order valence-corrected chi connectivity index (χ1v) is 5.17. The molecule has 76 valence electrons. The van der Waals surface area contributed by atoms with Crippen LogP contribution in [0.2, 0.25) is 0 Å². The molecule has 3 rings (SSSR count). The van der Waals surface area contributed by atoms with Crippen molar-refractivity contribution in [1.29, 1.82) is 0 Å². The van der Waals surface area contributed by atoms with Gasteiger partial charge in [-0.1, -0.05) is 5.10 Å².